The van der Waals surface area contributed by atoms with Crippen molar-refractivity contribution in [1.82, 2.24) is 4.57 Å². The number of fused-ring (bicyclic) bond motifs is 1. The summed E-state index contributed by atoms with van der Waals surface area (Å²) < 4.78 is 16.6. The number of nitrogens with two attached hydrogens (primary N) is 1. The maximum atomic E-state index is 14.8. The predicted octanol–water partition coefficient (Wildman–Crippen LogP) is 1.53. The molecular weight excluding hydrogens is 353 g/mol. The number of hydrogen-bond acceptors (Lipinski definition) is 5. The van der Waals surface area contributed by atoms with E-state index in [-0.39, 0.29) is 41.6 Å². The molecule has 7 nitrogen and oxygen atoms in total. The molecule has 2 heterocycles. The average molecular weight is 373 g/mol. The molecule has 1 aromatic heterocycles. The van der Waals surface area contributed by atoms with E-state index in [1.54, 1.807) is 22.5 Å². The molecule has 0 radical (unpaired) electrons. The van der Waals surface area contributed by atoms with Crippen LogP contribution in [0.2, 0.25) is 0 Å². The summed E-state index contributed by atoms with van der Waals surface area (Å²) in [7, 11) is 0. The summed E-state index contributed by atoms with van der Waals surface area (Å²) in [6, 6.07) is 2.73. The Labute approximate surface area is 154 Å². The Morgan fingerprint density at radius 1 is 1.37 bits per heavy atom. The van der Waals surface area contributed by atoms with Crippen LogP contribution in [0.5, 0.6) is 0 Å². The SMILES string of the molecule is CC1(CN)CN(c2cc3c(cc2F)c(=O)c(C(=O)O)cn3C2CC2)CC1=O. The van der Waals surface area contributed by atoms with E-state index in [0.717, 1.165) is 18.9 Å². The minimum atomic E-state index is -1.33. The first kappa shape index (κ1) is 17.7. The van der Waals surface area contributed by atoms with Crippen molar-refractivity contribution in [3.8, 4) is 0 Å². The Kier molecular flexibility index (Phi) is 3.85. The Hall–Kier alpha value is -2.74. The third-order valence-corrected chi connectivity index (χ3v) is 5.61. The molecule has 4 rings (SSSR count). The van der Waals surface area contributed by atoms with Gasteiger partial charge in [0.2, 0.25) is 5.43 Å². The third kappa shape index (κ3) is 2.71. The van der Waals surface area contributed by atoms with Gasteiger partial charge >= 0.3 is 5.97 Å². The van der Waals surface area contributed by atoms with Crippen molar-refractivity contribution in [3.05, 3.63) is 39.9 Å². The highest BCUT2D eigenvalue weighted by Crippen LogP contribution is 2.39. The number of carboxylic acids is 1. The van der Waals surface area contributed by atoms with E-state index in [0.29, 0.717) is 12.1 Å². The number of rotatable bonds is 4. The van der Waals surface area contributed by atoms with Crippen LogP contribution in [0.25, 0.3) is 10.9 Å². The molecule has 1 saturated carbocycles. The van der Waals surface area contributed by atoms with Crippen molar-refractivity contribution in [2.75, 3.05) is 24.5 Å². The summed E-state index contributed by atoms with van der Waals surface area (Å²) in [6.45, 7) is 2.28. The Bertz CT molecular complexity index is 1040. The molecule has 27 heavy (non-hydrogen) atoms. The van der Waals surface area contributed by atoms with Crippen LogP contribution in [0.3, 0.4) is 0 Å². The normalized spacial score (nSPS) is 22.6. The fourth-order valence-electron chi connectivity index (χ4n) is 3.69. The van der Waals surface area contributed by atoms with Gasteiger partial charge in [0.25, 0.3) is 0 Å². The third-order valence-electron chi connectivity index (χ3n) is 5.61. The van der Waals surface area contributed by atoms with Crippen molar-refractivity contribution in [3.63, 3.8) is 0 Å². The van der Waals surface area contributed by atoms with Crippen LogP contribution in [-0.2, 0) is 4.79 Å². The predicted molar refractivity (Wildman–Crippen MR) is 97.8 cm³/mol. The molecule has 2 fully saturated rings. The summed E-state index contributed by atoms with van der Waals surface area (Å²) in [5, 5.41) is 9.33. The van der Waals surface area contributed by atoms with Crippen LogP contribution in [0.4, 0.5) is 10.1 Å². The number of nitrogens with zero attached hydrogens (tertiary/aromatic N) is 2. The van der Waals surface area contributed by atoms with Gasteiger partial charge in [-0.25, -0.2) is 9.18 Å². The van der Waals surface area contributed by atoms with Gasteiger partial charge in [0, 0.05) is 30.7 Å². The van der Waals surface area contributed by atoms with Crippen LogP contribution in [0.15, 0.2) is 23.1 Å². The van der Waals surface area contributed by atoms with E-state index in [1.165, 1.54) is 6.20 Å². The molecule has 1 aliphatic carbocycles. The fraction of sp³-hybridized carbons (Fsp3) is 0.421. The quantitative estimate of drug-likeness (QED) is 0.842. The molecule has 0 bridgehead atoms. The van der Waals surface area contributed by atoms with Gasteiger partial charge in [0.15, 0.2) is 5.78 Å². The second-order valence-corrected chi connectivity index (χ2v) is 7.68. The number of carboxylic acid groups (broad SMARTS) is 1. The highest BCUT2D eigenvalue weighted by atomic mass is 19.1. The van der Waals surface area contributed by atoms with Gasteiger partial charge in [-0.05, 0) is 31.9 Å². The second kappa shape index (κ2) is 5.88. The maximum Gasteiger partial charge on any atom is 0.341 e. The van der Waals surface area contributed by atoms with Crippen LogP contribution in [0.1, 0.15) is 36.2 Å². The molecule has 142 valence electrons. The Morgan fingerprint density at radius 3 is 2.63 bits per heavy atom. The molecule has 2 aromatic rings. The highest BCUT2D eigenvalue weighted by molar-refractivity contribution is 5.96. The van der Waals surface area contributed by atoms with Crippen LogP contribution in [-0.4, -0.2) is 41.1 Å². The number of Topliss-reactive ketones (excluding diaryl/α,β-unsaturated/α-hetero) is 1. The number of halogens is 1. The standard InChI is InChI=1S/C19H20FN3O4/c1-19(8-21)9-22(7-16(19)24)15-5-14-11(4-13(15)20)17(25)12(18(26)27)6-23(14)10-2-3-10/h4-6,10H,2-3,7-9,21H2,1H3,(H,26,27). The summed E-state index contributed by atoms with van der Waals surface area (Å²) in [5.74, 6) is -2.03. The van der Waals surface area contributed by atoms with Crippen LogP contribution in [0, 0.1) is 11.2 Å². The molecule has 1 atom stereocenters. The maximum absolute atomic E-state index is 14.8. The number of aromatic nitrogens is 1. The molecule has 1 aliphatic heterocycles. The molecule has 1 unspecified atom stereocenters. The van der Waals surface area contributed by atoms with Gasteiger partial charge in [0.05, 0.1) is 23.2 Å². The smallest absolute Gasteiger partial charge is 0.341 e. The van der Waals surface area contributed by atoms with E-state index < -0.39 is 22.6 Å². The number of carbonyl (C=O) groups is 2. The molecule has 8 heteroatoms. The summed E-state index contributed by atoms with van der Waals surface area (Å²) in [4.78, 5) is 37.8. The first-order chi connectivity index (χ1) is 12.7. The molecule has 2 aliphatic rings. The number of ketones is 1. The number of hydrogen-bond donors (Lipinski definition) is 2. The van der Waals surface area contributed by atoms with Gasteiger partial charge in [-0.2, -0.15) is 0 Å². The minimum absolute atomic E-state index is 0.0372. The number of carbonyl (C=O) groups excluding carboxylic acids is 1. The second-order valence-electron chi connectivity index (χ2n) is 7.68. The van der Waals surface area contributed by atoms with Crippen LogP contribution < -0.4 is 16.1 Å². The molecular formula is C19H20FN3O4. The zero-order chi connectivity index (χ0) is 19.5. The van der Waals surface area contributed by atoms with Gasteiger partial charge in [-0.1, -0.05) is 0 Å². The number of benzene rings is 1. The van der Waals surface area contributed by atoms with E-state index in [4.69, 9.17) is 5.73 Å². The zero-order valence-electron chi connectivity index (χ0n) is 14.9. The number of anilines is 1. The van der Waals surface area contributed by atoms with Gasteiger partial charge in [-0.3, -0.25) is 9.59 Å². The number of aromatic carboxylic acids is 1. The summed E-state index contributed by atoms with van der Waals surface area (Å²) in [5.41, 5.74) is 4.63. The largest absolute Gasteiger partial charge is 0.477 e. The lowest BCUT2D eigenvalue weighted by molar-refractivity contribution is -0.123. The number of pyridine rings is 1. The van der Waals surface area contributed by atoms with Gasteiger partial charge in [-0.15, -0.1) is 0 Å². The fourth-order valence-corrected chi connectivity index (χ4v) is 3.69. The molecule has 0 amide bonds. The lowest BCUT2D eigenvalue weighted by Gasteiger charge is -2.23. The molecule has 3 N–H and O–H groups in total. The highest BCUT2D eigenvalue weighted by Gasteiger charge is 2.41. The average Bonchev–Trinajstić information content (AvgIpc) is 3.41. The van der Waals surface area contributed by atoms with Crippen LogP contribution >= 0.6 is 0 Å². The molecule has 1 saturated heterocycles. The van der Waals surface area contributed by atoms with Crippen molar-refractivity contribution in [1.29, 1.82) is 0 Å². The Morgan fingerprint density at radius 2 is 2.07 bits per heavy atom. The van der Waals surface area contributed by atoms with Crippen molar-refractivity contribution in [2.45, 2.75) is 25.8 Å². The van der Waals surface area contributed by atoms with E-state index >= 15 is 0 Å². The van der Waals surface area contributed by atoms with E-state index in [9.17, 15) is 23.9 Å². The molecule has 1 aromatic carbocycles. The first-order valence-electron chi connectivity index (χ1n) is 8.85. The topological polar surface area (TPSA) is 106 Å². The lowest BCUT2D eigenvalue weighted by atomic mass is 9.89. The van der Waals surface area contributed by atoms with Gasteiger partial charge in [0.1, 0.15) is 11.4 Å². The molecule has 0 spiro atoms. The van der Waals surface area contributed by atoms with Crippen molar-refractivity contribution < 1.29 is 19.1 Å². The first-order valence-corrected chi connectivity index (χ1v) is 8.85. The van der Waals surface area contributed by atoms with Crippen molar-refractivity contribution >= 4 is 28.3 Å². The summed E-state index contributed by atoms with van der Waals surface area (Å²) >= 11 is 0. The summed E-state index contributed by atoms with van der Waals surface area (Å²) in [6.07, 6.45) is 3.08. The monoisotopic (exact) mass is 373 g/mol. The lowest BCUT2D eigenvalue weighted by Crippen LogP contribution is -2.35. The van der Waals surface area contributed by atoms with Crippen molar-refractivity contribution in [2.24, 2.45) is 11.1 Å². The Balaban J connectivity index is 1.90. The van der Waals surface area contributed by atoms with Gasteiger partial charge < -0.3 is 20.3 Å². The van der Waals surface area contributed by atoms with E-state index in [2.05, 4.69) is 0 Å². The van der Waals surface area contributed by atoms with E-state index in [1.807, 2.05) is 0 Å². The minimum Gasteiger partial charge on any atom is -0.477 e. The zero-order valence-corrected chi connectivity index (χ0v) is 14.9.